The molecular weight excluding hydrogens is 645 g/mol. The van der Waals surface area contributed by atoms with Crippen LogP contribution in [0.1, 0.15) is 20.7 Å². The zero-order chi connectivity index (χ0) is 12.6. The Hall–Kier alpha value is -0.276. The molecule has 90 valence electrons. The van der Waals surface area contributed by atoms with Crippen LogP contribution in [0.4, 0.5) is 17.6 Å². The van der Waals surface area contributed by atoms with Gasteiger partial charge < -0.3 is 19.8 Å². The molecule has 0 aromatic heterocycles. The predicted molar refractivity (Wildman–Crippen MR) is 46.4 cm³/mol. The van der Waals surface area contributed by atoms with Crippen LogP contribution in [-0.4, -0.2) is 66.5 Å². The Kier molecular flexibility index (Phi) is 8.18. The van der Waals surface area contributed by atoms with Crippen LogP contribution < -0.4 is 10.2 Å². The first kappa shape index (κ1) is 20.1. The van der Waals surface area contributed by atoms with Gasteiger partial charge in [-0.15, -0.1) is 0 Å². The standard InChI is InChI=1S/C8H2F4O4.2Tl/c9-3-1(7(13)14)4(10)6(12)2(5(3)11)8(15)16;;/h(H,13,14)(H,15,16);;/q;2*+1/p-2. The van der Waals surface area contributed by atoms with Crippen LogP contribution in [0, 0.1) is 23.3 Å². The predicted octanol–water partition coefficient (Wildman–Crippen LogP) is -1.79. The van der Waals surface area contributed by atoms with Gasteiger partial charge in [0, 0.05) is 0 Å². The molecule has 0 aliphatic rings. The van der Waals surface area contributed by atoms with E-state index in [0.717, 1.165) is 0 Å². The van der Waals surface area contributed by atoms with E-state index >= 15 is 0 Å². The normalized spacial score (nSPS) is 9.11. The van der Waals surface area contributed by atoms with Crippen LogP contribution in [0.15, 0.2) is 0 Å². The van der Waals surface area contributed by atoms with E-state index in [1.165, 1.54) is 0 Å². The van der Waals surface area contributed by atoms with E-state index in [9.17, 15) is 37.4 Å². The molecule has 0 saturated carbocycles. The van der Waals surface area contributed by atoms with Gasteiger partial charge in [0.25, 0.3) is 0 Å². The van der Waals surface area contributed by atoms with Gasteiger partial charge in [-0.25, -0.2) is 17.6 Å². The Morgan fingerprint density at radius 2 is 0.833 bits per heavy atom. The smallest absolute Gasteiger partial charge is 0.545 e. The van der Waals surface area contributed by atoms with E-state index < -0.39 is 46.3 Å². The summed E-state index contributed by atoms with van der Waals surface area (Å²) in [4.78, 5) is 20.3. The first-order valence-electron chi connectivity index (χ1n) is 3.57. The fourth-order valence-corrected chi connectivity index (χ4v) is 0.990. The SMILES string of the molecule is O=C([O-])c1c(F)c(F)c(C(=O)[O-])c(F)c1F.[Tl+].[Tl+]. The molecule has 0 atom stereocenters. The number of carbonyl (C=O) groups excluding carboxylic acids is 2. The third-order valence-corrected chi connectivity index (χ3v) is 1.67. The minimum atomic E-state index is -2.52. The van der Waals surface area contributed by atoms with Crippen molar-refractivity contribution in [1.29, 1.82) is 0 Å². The average molecular weight is 645 g/mol. The van der Waals surface area contributed by atoms with Crippen LogP contribution in [0.25, 0.3) is 0 Å². The summed E-state index contributed by atoms with van der Waals surface area (Å²) in [5.41, 5.74) is -4.03. The third-order valence-electron chi connectivity index (χ3n) is 1.67. The van der Waals surface area contributed by atoms with E-state index in [1.54, 1.807) is 0 Å². The van der Waals surface area contributed by atoms with Crippen LogP contribution in [0.5, 0.6) is 0 Å². The summed E-state index contributed by atoms with van der Waals surface area (Å²) in [5, 5.41) is 20.3. The van der Waals surface area contributed by atoms with E-state index in [4.69, 9.17) is 0 Å². The summed E-state index contributed by atoms with van der Waals surface area (Å²) in [5.74, 6) is -14.5. The molecular formula is C8F4O4Tl2. The summed E-state index contributed by atoms with van der Waals surface area (Å²) in [6.07, 6.45) is 0. The van der Waals surface area contributed by atoms with Crippen LogP contribution in [0.2, 0.25) is 0 Å². The Labute approximate surface area is 137 Å². The molecule has 1 aromatic rings. The number of carboxylic acid groups (broad SMARTS) is 2. The van der Waals surface area contributed by atoms with Crippen molar-refractivity contribution in [2.75, 3.05) is 0 Å². The molecule has 4 nitrogen and oxygen atoms in total. The molecule has 0 amide bonds. The van der Waals surface area contributed by atoms with Gasteiger partial charge in [-0.3, -0.25) is 0 Å². The Bertz CT molecular complexity index is 432. The Morgan fingerprint density at radius 3 is 0.944 bits per heavy atom. The topological polar surface area (TPSA) is 80.3 Å². The Balaban J connectivity index is 0. The molecule has 10 heteroatoms. The molecule has 1 aromatic carbocycles. The summed E-state index contributed by atoms with van der Waals surface area (Å²) in [6, 6.07) is 0. The minimum absolute atomic E-state index is 0. The third kappa shape index (κ3) is 3.39. The second-order valence-electron chi connectivity index (χ2n) is 2.58. The molecule has 0 aliphatic heterocycles. The van der Waals surface area contributed by atoms with Gasteiger partial charge in [-0.05, 0) is 0 Å². The molecule has 0 fully saturated rings. The molecule has 0 unspecified atom stereocenters. The number of carbonyl (C=O) groups is 2. The van der Waals surface area contributed by atoms with Crippen molar-refractivity contribution in [3.63, 3.8) is 0 Å². The van der Waals surface area contributed by atoms with E-state index in [1.807, 2.05) is 0 Å². The first-order valence-corrected chi connectivity index (χ1v) is 3.57. The van der Waals surface area contributed by atoms with Crippen molar-refractivity contribution >= 4 is 66.5 Å². The van der Waals surface area contributed by atoms with Crippen LogP contribution in [-0.2, 0) is 0 Å². The molecule has 18 heavy (non-hydrogen) atoms. The number of hydrogen-bond acceptors (Lipinski definition) is 4. The molecule has 0 saturated heterocycles. The summed E-state index contributed by atoms with van der Waals surface area (Å²) < 4.78 is 51.3. The second kappa shape index (κ2) is 7.35. The number of benzene rings is 1. The number of aromatic carboxylic acids is 2. The van der Waals surface area contributed by atoms with Gasteiger partial charge in [0.05, 0.1) is 23.1 Å². The van der Waals surface area contributed by atoms with Crippen molar-refractivity contribution in [2.45, 2.75) is 0 Å². The molecule has 1 rings (SSSR count). The fraction of sp³-hybridized carbons (Fsp3) is 0. The minimum Gasteiger partial charge on any atom is -0.545 e. The second-order valence-corrected chi connectivity index (χ2v) is 2.58. The number of hydrogen-bond donors (Lipinski definition) is 0. The molecule has 0 N–H and O–H groups in total. The zero-order valence-electron chi connectivity index (χ0n) is 8.30. The van der Waals surface area contributed by atoms with Gasteiger partial charge in [0.1, 0.15) is 0 Å². The average Bonchev–Trinajstić information content (AvgIpc) is 2.14. The molecule has 0 radical (unpaired) electrons. The van der Waals surface area contributed by atoms with Crippen molar-refractivity contribution in [3.05, 3.63) is 34.4 Å². The molecule has 0 spiro atoms. The maximum absolute atomic E-state index is 12.8. The van der Waals surface area contributed by atoms with Crippen molar-refractivity contribution < 1.29 is 37.4 Å². The van der Waals surface area contributed by atoms with Crippen LogP contribution >= 0.6 is 0 Å². The Morgan fingerprint density at radius 1 is 0.667 bits per heavy atom. The van der Waals surface area contributed by atoms with Gasteiger partial charge in [-0.2, -0.15) is 0 Å². The number of carboxylic acids is 2. The van der Waals surface area contributed by atoms with Crippen molar-refractivity contribution in [1.82, 2.24) is 0 Å². The van der Waals surface area contributed by atoms with Gasteiger partial charge in [0.15, 0.2) is 23.3 Å². The maximum atomic E-state index is 12.8. The zero-order valence-corrected chi connectivity index (χ0v) is 17.3. The summed E-state index contributed by atoms with van der Waals surface area (Å²) in [6.45, 7) is 0. The first-order chi connectivity index (χ1) is 7.29. The summed E-state index contributed by atoms with van der Waals surface area (Å²) >= 11 is 0. The molecule has 0 aliphatic carbocycles. The maximum Gasteiger partial charge on any atom is 1.00 e. The largest absolute Gasteiger partial charge is 1.00 e. The fourth-order valence-electron chi connectivity index (χ4n) is 0.990. The molecule has 0 bridgehead atoms. The summed E-state index contributed by atoms with van der Waals surface area (Å²) in [7, 11) is 0. The van der Waals surface area contributed by atoms with Crippen molar-refractivity contribution in [3.8, 4) is 0 Å². The quantitative estimate of drug-likeness (QED) is 0.217. The van der Waals surface area contributed by atoms with E-state index in [2.05, 4.69) is 0 Å². The molecule has 0 heterocycles. The van der Waals surface area contributed by atoms with E-state index in [0.29, 0.717) is 0 Å². The monoisotopic (exact) mass is 646 g/mol. The van der Waals surface area contributed by atoms with Crippen molar-refractivity contribution in [2.24, 2.45) is 0 Å². The number of rotatable bonds is 2. The van der Waals surface area contributed by atoms with Crippen LogP contribution in [0.3, 0.4) is 0 Å². The van der Waals surface area contributed by atoms with Gasteiger partial charge in [-0.1, -0.05) is 0 Å². The van der Waals surface area contributed by atoms with Gasteiger partial charge in [0.2, 0.25) is 0 Å². The number of halogens is 4. The van der Waals surface area contributed by atoms with E-state index in [-0.39, 0.29) is 54.6 Å². The van der Waals surface area contributed by atoms with Gasteiger partial charge >= 0.3 is 54.6 Å².